The Kier molecular flexibility index (Phi) is 9.80. The lowest BCUT2D eigenvalue weighted by Gasteiger charge is -2.17. The van der Waals surface area contributed by atoms with Gasteiger partial charge in [0, 0.05) is 6.54 Å². The molecule has 3 aromatic rings. The Bertz CT molecular complexity index is 1350. The van der Waals surface area contributed by atoms with Crippen LogP contribution in [0.15, 0.2) is 23.4 Å². The molecule has 2 amide bonds. The van der Waals surface area contributed by atoms with E-state index >= 15 is 0 Å². The standard InChI is InChI=1S/C25H30ClN5O5S2/c1-7-31-22(15(6)36-17-10-13(4)8-9-16(17)26)29-30-25(31)37-11-18(32)28-23-19(24(34)35-12(2)3)14(5)20(38-23)21(27)33/h8-10,12,15H,7,11H2,1-6H3,(H2,27,33)(H,28,32). The first-order chi connectivity index (χ1) is 17.9. The molecule has 10 nitrogen and oxygen atoms in total. The average Bonchev–Trinajstić information content (AvgIpc) is 3.40. The lowest BCUT2D eigenvalue weighted by Crippen LogP contribution is -2.18. The van der Waals surface area contributed by atoms with E-state index in [1.807, 2.05) is 37.5 Å². The van der Waals surface area contributed by atoms with Gasteiger partial charge in [-0.2, -0.15) is 0 Å². The summed E-state index contributed by atoms with van der Waals surface area (Å²) >= 11 is 8.40. The van der Waals surface area contributed by atoms with Crippen LogP contribution in [-0.4, -0.2) is 44.4 Å². The van der Waals surface area contributed by atoms with Crippen LogP contribution in [0.5, 0.6) is 5.75 Å². The summed E-state index contributed by atoms with van der Waals surface area (Å²) in [6.45, 7) is 11.3. The smallest absolute Gasteiger partial charge is 0.341 e. The number of carbonyl (C=O) groups excluding carboxylic acids is 3. The summed E-state index contributed by atoms with van der Waals surface area (Å²) in [5.74, 6) is -0.596. The van der Waals surface area contributed by atoms with E-state index in [0.29, 0.717) is 33.9 Å². The van der Waals surface area contributed by atoms with Crippen LogP contribution in [0.2, 0.25) is 5.02 Å². The molecule has 3 rings (SSSR count). The SMILES string of the molecule is CCn1c(SCC(=O)Nc2sc(C(N)=O)c(C)c2C(=O)OC(C)C)nnc1C(C)Oc1cc(C)ccc1Cl. The molecular weight excluding hydrogens is 550 g/mol. The lowest BCUT2D eigenvalue weighted by atomic mass is 10.1. The van der Waals surface area contributed by atoms with Gasteiger partial charge < -0.3 is 25.1 Å². The first-order valence-corrected chi connectivity index (χ1v) is 14.0. The zero-order valence-electron chi connectivity index (χ0n) is 22.0. The van der Waals surface area contributed by atoms with E-state index in [2.05, 4.69) is 15.5 Å². The van der Waals surface area contributed by atoms with Gasteiger partial charge in [-0.05, 0) is 64.8 Å². The normalized spacial score (nSPS) is 11.9. The van der Waals surface area contributed by atoms with Gasteiger partial charge in [-0.25, -0.2) is 4.79 Å². The minimum absolute atomic E-state index is 0.0153. The molecule has 2 heterocycles. The molecule has 0 aliphatic rings. The van der Waals surface area contributed by atoms with Crippen LogP contribution in [0.1, 0.15) is 70.8 Å². The Morgan fingerprint density at radius 1 is 1.21 bits per heavy atom. The number of ether oxygens (including phenoxy) is 2. The highest BCUT2D eigenvalue weighted by atomic mass is 35.5. The van der Waals surface area contributed by atoms with Crippen molar-refractivity contribution in [2.75, 3.05) is 11.1 Å². The highest BCUT2D eigenvalue weighted by Crippen LogP contribution is 2.34. The molecular formula is C25H30ClN5O5S2. The molecule has 0 fully saturated rings. The fourth-order valence-electron chi connectivity index (χ4n) is 3.60. The molecule has 13 heteroatoms. The number of hydrogen-bond acceptors (Lipinski definition) is 9. The topological polar surface area (TPSA) is 138 Å². The first-order valence-electron chi connectivity index (χ1n) is 11.9. The number of amides is 2. The van der Waals surface area contributed by atoms with E-state index in [9.17, 15) is 14.4 Å². The van der Waals surface area contributed by atoms with Gasteiger partial charge >= 0.3 is 5.97 Å². The van der Waals surface area contributed by atoms with Crippen LogP contribution >= 0.6 is 34.7 Å². The van der Waals surface area contributed by atoms with E-state index in [1.54, 1.807) is 26.8 Å². The zero-order valence-corrected chi connectivity index (χ0v) is 24.3. The maximum atomic E-state index is 12.8. The van der Waals surface area contributed by atoms with Gasteiger partial charge in [-0.3, -0.25) is 9.59 Å². The van der Waals surface area contributed by atoms with Crippen LogP contribution in [0.4, 0.5) is 5.00 Å². The van der Waals surface area contributed by atoms with Crippen LogP contribution < -0.4 is 15.8 Å². The summed E-state index contributed by atoms with van der Waals surface area (Å²) in [5.41, 5.74) is 6.96. The van der Waals surface area contributed by atoms with Crippen molar-refractivity contribution in [1.29, 1.82) is 0 Å². The molecule has 0 bridgehead atoms. The van der Waals surface area contributed by atoms with Crippen LogP contribution in [0.25, 0.3) is 0 Å². The molecule has 0 aliphatic heterocycles. The summed E-state index contributed by atoms with van der Waals surface area (Å²) < 4.78 is 13.2. The Labute approximate surface area is 234 Å². The molecule has 204 valence electrons. The van der Waals surface area contributed by atoms with E-state index < -0.39 is 23.9 Å². The second kappa shape index (κ2) is 12.6. The number of rotatable bonds is 11. The van der Waals surface area contributed by atoms with Gasteiger partial charge in [0.1, 0.15) is 10.8 Å². The maximum absolute atomic E-state index is 12.8. The van der Waals surface area contributed by atoms with E-state index in [0.717, 1.165) is 16.9 Å². The van der Waals surface area contributed by atoms with E-state index in [4.69, 9.17) is 26.8 Å². The largest absolute Gasteiger partial charge is 0.481 e. The summed E-state index contributed by atoms with van der Waals surface area (Å²) in [6, 6.07) is 5.53. The van der Waals surface area contributed by atoms with Gasteiger partial charge in [0.05, 0.1) is 27.3 Å². The van der Waals surface area contributed by atoms with Crippen molar-refractivity contribution in [2.45, 2.75) is 65.5 Å². The second-order valence-electron chi connectivity index (χ2n) is 8.69. The molecule has 2 aromatic heterocycles. The number of primary amides is 1. The van der Waals surface area contributed by atoms with Crippen molar-refractivity contribution >= 4 is 57.5 Å². The second-order valence-corrected chi connectivity index (χ2v) is 11.1. The van der Waals surface area contributed by atoms with Gasteiger partial charge in [0.25, 0.3) is 5.91 Å². The maximum Gasteiger partial charge on any atom is 0.341 e. The van der Waals surface area contributed by atoms with Gasteiger partial charge in [-0.15, -0.1) is 21.5 Å². The highest BCUT2D eigenvalue weighted by Gasteiger charge is 2.27. The van der Waals surface area contributed by atoms with Crippen LogP contribution in [0.3, 0.4) is 0 Å². The third-order valence-electron chi connectivity index (χ3n) is 5.32. The molecule has 3 N–H and O–H groups in total. The van der Waals surface area contributed by atoms with Crippen LogP contribution in [0, 0.1) is 13.8 Å². The first kappa shape index (κ1) is 29.5. The Hall–Kier alpha value is -3.09. The fourth-order valence-corrected chi connectivity index (χ4v) is 5.63. The molecule has 0 saturated heterocycles. The summed E-state index contributed by atoms with van der Waals surface area (Å²) in [7, 11) is 0. The minimum atomic E-state index is -0.687. The Balaban J connectivity index is 1.73. The number of hydrogen-bond donors (Lipinski definition) is 2. The molecule has 0 aliphatic carbocycles. The third kappa shape index (κ3) is 6.86. The van der Waals surface area contributed by atoms with Crippen LogP contribution in [-0.2, 0) is 16.1 Å². The van der Waals surface area contributed by atoms with Crippen molar-refractivity contribution in [3.8, 4) is 5.75 Å². The number of thiophene rings is 1. The molecule has 1 aromatic carbocycles. The number of anilines is 1. The lowest BCUT2D eigenvalue weighted by molar-refractivity contribution is -0.113. The predicted octanol–water partition coefficient (Wildman–Crippen LogP) is 5.16. The number of thioether (sulfide) groups is 1. The van der Waals surface area contributed by atoms with Crippen molar-refractivity contribution in [3.63, 3.8) is 0 Å². The van der Waals surface area contributed by atoms with Crippen molar-refractivity contribution in [2.24, 2.45) is 5.73 Å². The summed E-state index contributed by atoms with van der Waals surface area (Å²) in [6.07, 6.45) is -0.818. The number of halogens is 1. The highest BCUT2D eigenvalue weighted by molar-refractivity contribution is 7.99. The Morgan fingerprint density at radius 3 is 2.55 bits per heavy atom. The number of aryl methyl sites for hydroxylation is 1. The number of nitrogens with two attached hydrogens (primary N) is 1. The molecule has 0 saturated carbocycles. The zero-order chi connectivity index (χ0) is 28.1. The Morgan fingerprint density at radius 2 is 1.92 bits per heavy atom. The molecule has 1 unspecified atom stereocenters. The fraction of sp³-hybridized carbons (Fsp3) is 0.400. The minimum Gasteiger partial charge on any atom is -0.481 e. The predicted molar refractivity (Wildman–Crippen MR) is 148 cm³/mol. The van der Waals surface area contributed by atoms with E-state index in [1.165, 1.54) is 11.8 Å². The quantitative estimate of drug-likeness (QED) is 0.234. The molecule has 0 spiro atoms. The molecule has 1 atom stereocenters. The van der Waals surface area contributed by atoms with Gasteiger partial charge in [0.15, 0.2) is 17.1 Å². The molecule has 38 heavy (non-hydrogen) atoms. The number of nitrogens with one attached hydrogen (secondary N) is 1. The van der Waals surface area contributed by atoms with Crippen molar-refractivity contribution < 1.29 is 23.9 Å². The van der Waals surface area contributed by atoms with Crippen molar-refractivity contribution in [3.05, 3.63) is 50.6 Å². The number of esters is 1. The number of carbonyl (C=O) groups is 3. The molecule has 0 radical (unpaired) electrons. The van der Waals surface area contributed by atoms with E-state index in [-0.39, 0.29) is 27.3 Å². The average molecular weight is 580 g/mol. The van der Waals surface area contributed by atoms with Gasteiger partial charge in [0.2, 0.25) is 5.91 Å². The summed E-state index contributed by atoms with van der Waals surface area (Å²) in [5, 5.41) is 12.5. The number of aromatic nitrogens is 3. The van der Waals surface area contributed by atoms with Gasteiger partial charge in [-0.1, -0.05) is 29.4 Å². The van der Waals surface area contributed by atoms with Crippen molar-refractivity contribution in [1.82, 2.24) is 14.8 Å². The monoisotopic (exact) mass is 579 g/mol. The number of benzene rings is 1. The summed E-state index contributed by atoms with van der Waals surface area (Å²) in [4.78, 5) is 37.5. The number of nitrogens with zero attached hydrogens (tertiary/aromatic N) is 3. The third-order valence-corrected chi connectivity index (χ3v) is 7.82.